The second kappa shape index (κ2) is 6.18. The highest BCUT2D eigenvalue weighted by Crippen LogP contribution is 2.29. The molecule has 0 aliphatic heterocycles. The molecular formula is C12H9F3N2O4S. The topological polar surface area (TPSA) is 92.4 Å². The molecule has 2 aromatic rings. The van der Waals surface area contributed by atoms with Crippen LogP contribution in [0, 0.1) is 0 Å². The van der Waals surface area contributed by atoms with Gasteiger partial charge in [0.2, 0.25) is 0 Å². The molecule has 0 spiro atoms. The van der Waals surface area contributed by atoms with E-state index in [0.717, 1.165) is 29.0 Å². The number of carbonyl (C=O) groups is 2. The lowest BCUT2D eigenvalue weighted by Crippen LogP contribution is -2.25. The summed E-state index contributed by atoms with van der Waals surface area (Å²) in [6, 6.07) is 1.06. The summed E-state index contributed by atoms with van der Waals surface area (Å²) in [6.07, 6.45) is -3.44. The summed E-state index contributed by atoms with van der Waals surface area (Å²) < 4.78 is 41.8. The molecule has 6 nitrogen and oxygen atoms in total. The van der Waals surface area contributed by atoms with E-state index >= 15 is 0 Å². The van der Waals surface area contributed by atoms with Crippen molar-refractivity contribution in [3.63, 3.8) is 0 Å². The number of nitrogens with one attached hydrogen (secondary N) is 1. The number of carboxylic acid groups (broad SMARTS) is 1. The van der Waals surface area contributed by atoms with Crippen LogP contribution in [0.2, 0.25) is 0 Å². The van der Waals surface area contributed by atoms with Crippen molar-refractivity contribution in [2.75, 3.05) is 6.54 Å². The van der Waals surface area contributed by atoms with Gasteiger partial charge >= 0.3 is 12.1 Å². The van der Waals surface area contributed by atoms with Gasteiger partial charge < -0.3 is 14.8 Å². The van der Waals surface area contributed by atoms with Gasteiger partial charge in [-0.1, -0.05) is 0 Å². The van der Waals surface area contributed by atoms with Crippen LogP contribution in [0.4, 0.5) is 13.2 Å². The van der Waals surface area contributed by atoms with Crippen LogP contribution >= 0.6 is 11.3 Å². The number of furan rings is 1. The molecule has 0 saturated carbocycles. The summed E-state index contributed by atoms with van der Waals surface area (Å²) in [6.45, 7) is 0.0484. The molecule has 2 rings (SSSR count). The molecule has 0 aliphatic rings. The standard InChI is InChI=1S/C12H9F3N2O4S/c13-12(14,15)8-5-22-9(17-8)1-2-16-10(18)7-3-6(4-21-7)11(19)20/h3-5H,1-2H2,(H,16,18)(H,19,20). The van der Waals surface area contributed by atoms with Gasteiger partial charge in [-0.25, -0.2) is 9.78 Å². The predicted molar refractivity (Wildman–Crippen MR) is 68.8 cm³/mol. The minimum absolute atomic E-state index is 0.0484. The van der Waals surface area contributed by atoms with E-state index in [1.807, 2.05) is 0 Å². The molecule has 10 heteroatoms. The second-order valence-corrected chi connectivity index (χ2v) is 5.08. The number of hydrogen-bond donors (Lipinski definition) is 2. The van der Waals surface area contributed by atoms with Gasteiger partial charge in [0.25, 0.3) is 5.91 Å². The van der Waals surface area contributed by atoms with Crippen molar-refractivity contribution < 1.29 is 32.3 Å². The van der Waals surface area contributed by atoms with Crippen molar-refractivity contribution in [2.45, 2.75) is 12.6 Å². The van der Waals surface area contributed by atoms with Gasteiger partial charge in [-0.2, -0.15) is 13.2 Å². The first-order chi connectivity index (χ1) is 10.3. The van der Waals surface area contributed by atoms with Crippen molar-refractivity contribution in [3.8, 4) is 0 Å². The highest BCUT2D eigenvalue weighted by molar-refractivity contribution is 7.09. The first kappa shape index (κ1) is 16.0. The van der Waals surface area contributed by atoms with Crippen LogP contribution in [0.15, 0.2) is 22.1 Å². The molecule has 0 saturated heterocycles. The van der Waals surface area contributed by atoms with Gasteiger partial charge in [0.05, 0.1) is 10.6 Å². The average Bonchev–Trinajstić information content (AvgIpc) is 3.07. The Morgan fingerprint density at radius 1 is 1.41 bits per heavy atom. The molecule has 2 heterocycles. The Kier molecular flexibility index (Phi) is 4.50. The van der Waals surface area contributed by atoms with Gasteiger partial charge in [0.15, 0.2) is 11.5 Å². The summed E-state index contributed by atoms with van der Waals surface area (Å²) in [5, 5.41) is 12.2. The van der Waals surface area contributed by atoms with Crippen LogP contribution in [0.5, 0.6) is 0 Å². The quantitative estimate of drug-likeness (QED) is 0.876. The molecule has 0 radical (unpaired) electrons. The number of carbonyl (C=O) groups excluding carboxylic acids is 1. The normalized spacial score (nSPS) is 11.4. The summed E-state index contributed by atoms with van der Waals surface area (Å²) in [5.41, 5.74) is -1.13. The Morgan fingerprint density at radius 2 is 2.14 bits per heavy atom. The molecule has 118 valence electrons. The molecule has 22 heavy (non-hydrogen) atoms. The van der Waals surface area contributed by atoms with Crippen LogP contribution in [0.3, 0.4) is 0 Å². The fraction of sp³-hybridized carbons (Fsp3) is 0.250. The summed E-state index contributed by atoms with van der Waals surface area (Å²) >= 11 is 0.848. The SMILES string of the molecule is O=C(O)c1coc(C(=O)NCCc2nc(C(F)(F)F)cs2)c1. The lowest BCUT2D eigenvalue weighted by molar-refractivity contribution is -0.140. The Balaban J connectivity index is 1.86. The minimum Gasteiger partial charge on any atom is -0.478 e. The van der Waals surface area contributed by atoms with Gasteiger partial charge in [0.1, 0.15) is 6.26 Å². The maximum absolute atomic E-state index is 12.4. The zero-order valence-corrected chi connectivity index (χ0v) is 11.6. The molecule has 0 aliphatic carbocycles. The van der Waals surface area contributed by atoms with Crippen molar-refractivity contribution >= 4 is 23.2 Å². The molecule has 0 atom stereocenters. The molecular weight excluding hydrogens is 325 g/mol. The molecule has 2 aromatic heterocycles. The first-order valence-corrected chi connectivity index (χ1v) is 6.77. The summed E-state index contributed by atoms with van der Waals surface area (Å²) in [4.78, 5) is 25.7. The monoisotopic (exact) mass is 334 g/mol. The Bertz CT molecular complexity index is 693. The van der Waals surface area contributed by atoms with Crippen molar-refractivity contribution in [1.82, 2.24) is 10.3 Å². The lowest BCUT2D eigenvalue weighted by atomic mass is 10.3. The van der Waals surface area contributed by atoms with Gasteiger partial charge in [-0.15, -0.1) is 11.3 Å². The van der Waals surface area contributed by atoms with E-state index in [-0.39, 0.29) is 29.3 Å². The highest BCUT2D eigenvalue weighted by atomic mass is 32.1. The zero-order chi connectivity index (χ0) is 16.3. The Labute approximate surface area is 125 Å². The number of hydrogen-bond acceptors (Lipinski definition) is 5. The van der Waals surface area contributed by atoms with Crippen molar-refractivity contribution in [2.24, 2.45) is 0 Å². The smallest absolute Gasteiger partial charge is 0.434 e. The fourth-order valence-corrected chi connectivity index (χ4v) is 2.30. The minimum atomic E-state index is -4.49. The molecule has 2 N–H and O–H groups in total. The Morgan fingerprint density at radius 3 is 2.68 bits per heavy atom. The van der Waals surface area contributed by atoms with Gasteiger partial charge in [-0.3, -0.25) is 4.79 Å². The van der Waals surface area contributed by atoms with E-state index in [4.69, 9.17) is 9.52 Å². The number of carboxylic acids is 1. The van der Waals surface area contributed by atoms with E-state index < -0.39 is 23.7 Å². The number of alkyl halides is 3. The van der Waals surface area contributed by atoms with Gasteiger partial charge in [-0.05, 0) is 0 Å². The lowest BCUT2D eigenvalue weighted by Gasteiger charge is -2.01. The maximum Gasteiger partial charge on any atom is 0.434 e. The van der Waals surface area contributed by atoms with E-state index in [9.17, 15) is 22.8 Å². The Hall–Kier alpha value is -2.36. The molecule has 0 unspecified atom stereocenters. The third-order valence-electron chi connectivity index (χ3n) is 2.54. The van der Waals surface area contributed by atoms with E-state index in [1.165, 1.54) is 0 Å². The zero-order valence-electron chi connectivity index (χ0n) is 10.8. The van der Waals surface area contributed by atoms with Crippen LogP contribution in [0.1, 0.15) is 31.6 Å². The largest absolute Gasteiger partial charge is 0.478 e. The third-order valence-corrected chi connectivity index (χ3v) is 3.45. The number of halogens is 3. The van der Waals surface area contributed by atoms with Crippen molar-refractivity contribution in [1.29, 1.82) is 0 Å². The predicted octanol–water partition coefficient (Wildman–Crippen LogP) is 2.43. The number of aromatic carboxylic acids is 1. The number of aromatic nitrogens is 1. The second-order valence-electron chi connectivity index (χ2n) is 4.13. The fourth-order valence-electron chi connectivity index (χ4n) is 1.49. The molecule has 0 bridgehead atoms. The first-order valence-electron chi connectivity index (χ1n) is 5.89. The van der Waals surface area contributed by atoms with Gasteiger partial charge in [0, 0.05) is 24.4 Å². The highest BCUT2D eigenvalue weighted by Gasteiger charge is 2.33. The maximum atomic E-state index is 12.4. The number of nitrogens with zero attached hydrogens (tertiary/aromatic N) is 1. The number of rotatable bonds is 5. The van der Waals surface area contributed by atoms with Crippen molar-refractivity contribution in [3.05, 3.63) is 39.7 Å². The van der Waals surface area contributed by atoms with E-state index in [1.54, 1.807) is 0 Å². The average molecular weight is 334 g/mol. The molecule has 1 amide bonds. The van der Waals surface area contributed by atoms with E-state index in [2.05, 4.69) is 10.3 Å². The number of amides is 1. The van der Waals surface area contributed by atoms with Crippen LogP contribution < -0.4 is 5.32 Å². The summed E-state index contributed by atoms with van der Waals surface area (Å²) in [7, 11) is 0. The van der Waals surface area contributed by atoms with Crippen LogP contribution in [-0.2, 0) is 12.6 Å². The summed E-state index contributed by atoms with van der Waals surface area (Å²) in [5.74, 6) is -2.07. The van der Waals surface area contributed by atoms with E-state index in [0.29, 0.717) is 0 Å². The molecule has 0 aromatic carbocycles. The molecule has 0 fully saturated rings. The van der Waals surface area contributed by atoms with Crippen LogP contribution in [-0.4, -0.2) is 28.5 Å². The third kappa shape index (κ3) is 3.85. The number of thiazole rings is 1. The van der Waals surface area contributed by atoms with Crippen LogP contribution in [0.25, 0.3) is 0 Å².